The molecule has 31 heavy (non-hydrogen) atoms. The van der Waals surface area contributed by atoms with Crippen LogP contribution in [0.3, 0.4) is 0 Å². The third kappa shape index (κ3) is 4.39. The van der Waals surface area contributed by atoms with E-state index in [4.69, 9.17) is 20.8 Å². The molecular formula is C25H25ClN2O3. The minimum atomic E-state index is -0.215. The maximum Gasteiger partial charge on any atom is 0.273 e. The fraction of sp³-hybridized carbons (Fsp3) is 0.360. The quantitative estimate of drug-likeness (QED) is 0.577. The van der Waals surface area contributed by atoms with E-state index in [2.05, 4.69) is 34.6 Å². The molecule has 2 aromatic carbocycles. The van der Waals surface area contributed by atoms with Gasteiger partial charge in [-0.3, -0.25) is 4.79 Å². The van der Waals surface area contributed by atoms with Gasteiger partial charge in [0.2, 0.25) is 5.89 Å². The Hall–Kier alpha value is -2.63. The smallest absolute Gasteiger partial charge is 0.273 e. The second-order valence-corrected chi connectivity index (χ2v) is 8.81. The Morgan fingerprint density at radius 3 is 2.61 bits per heavy atom. The molecule has 2 fully saturated rings. The molecule has 0 unspecified atom stereocenters. The number of carbonyl (C=O) groups is 1. The van der Waals surface area contributed by atoms with Gasteiger partial charge in [0.1, 0.15) is 6.26 Å². The second-order valence-electron chi connectivity index (χ2n) is 8.37. The SMILES string of the molecule is O=C(NCCc1ccc(Cl)cc1)c1coc([C@H]2[C@@H](Cc3ccccc3)[C@@H]3CC[C@H]2O3)n1. The van der Waals surface area contributed by atoms with E-state index >= 15 is 0 Å². The molecule has 0 aliphatic carbocycles. The van der Waals surface area contributed by atoms with Gasteiger partial charge in [-0.1, -0.05) is 54.1 Å². The van der Waals surface area contributed by atoms with Crippen LogP contribution >= 0.6 is 11.6 Å². The molecule has 1 N–H and O–H groups in total. The Bertz CT molecular complexity index is 1030. The number of benzene rings is 2. The fourth-order valence-corrected chi connectivity index (χ4v) is 5.00. The average molecular weight is 437 g/mol. The molecule has 0 saturated carbocycles. The Morgan fingerprint density at radius 2 is 1.81 bits per heavy atom. The molecule has 3 heterocycles. The van der Waals surface area contributed by atoms with Crippen molar-refractivity contribution >= 4 is 17.5 Å². The molecule has 0 spiro atoms. The molecule has 5 rings (SSSR count). The molecule has 4 atom stereocenters. The molecule has 1 aromatic heterocycles. The highest BCUT2D eigenvalue weighted by Crippen LogP contribution is 2.49. The number of hydrogen-bond acceptors (Lipinski definition) is 4. The summed E-state index contributed by atoms with van der Waals surface area (Å²) in [4.78, 5) is 17.1. The molecule has 160 valence electrons. The zero-order valence-electron chi connectivity index (χ0n) is 17.2. The molecule has 0 radical (unpaired) electrons. The lowest BCUT2D eigenvalue weighted by molar-refractivity contribution is 0.0898. The van der Waals surface area contributed by atoms with Crippen LogP contribution in [0.2, 0.25) is 5.02 Å². The van der Waals surface area contributed by atoms with Gasteiger partial charge >= 0.3 is 0 Å². The van der Waals surface area contributed by atoms with Crippen LogP contribution in [0.5, 0.6) is 0 Å². The van der Waals surface area contributed by atoms with Crippen LogP contribution < -0.4 is 5.32 Å². The number of nitrogens with one attached hydrogen (secondary N) is 1. The van der Waals surface area contributed by atoms with Crippen LogP contribution in [-0.4, -0.2) is 29.6 Å². The van der Waals surface area contributed by atoms with Crippen LogP contribution in [0.4, 0.5) is 0 Å². The summed E-state index contributed by atoms with van der Waals surface area (Å²) in [6.45, 7) is 0.524. The summed E-state index contributed by atoms with van der Waals surface area (Å²) in [5, 5.41) is 3.63. The maximum absolute atomic E-state index is 12.6. The van der Waals surface area contributed by atoms with Crippen molar-refractivity contribution in [3.8, 4) is 0 Å². The topological polar surface area (TPSA) is 64.4 Å². The lowest BCUT2D eigenvalue weighted by atomic mass is 9.76. The first-order chi connectivity index (χ1) is 15.2. The van der Waals surface area contributed by atoms with Crippen LogP contribution in [0, 0.1) is 5.92 Å². The van der Waals surface area contributed by atoms with Crippen molar-refractivity contribution < 1.29 is 13.9 Å². The first kappa shape index (κ1) is 20.3. The predicted octanol–water partition coefficient (Wildman–Crippen LogP) is 4.80. The lowest BCUT2D eigenvalue weighted by Crippen LogP contribution is -2.28. The summed E-state index contributed by atoms with van der Waals surface area (Å²) in [6.07, 6.45) is 5.59. The van der Waals surface area contributed by atoms with E-state index in [1.807, 2.05) is 30.3 Å². The van der Waals surface area contributed by atoms with E-state index in [1.165, 1.54) is 11.8 Å². The maximum atomic E-state index is 12.6. The predicted molar refractivity (Wildman–Crippen MR) is 118 cm³/mol. The second kappa shape index (κ2) is 8.85. The van der Waals surface area contributed by atoms with Gasteiger partial charge in [-0.25, -0.2) is 4.98 Å². The third-order valence-corrected chi connectivity index (χ3v) is 6.64. The highest BCUT2D eigenvalue weighted by atomic mass is 35.5. The van der Waals surface area contributed by atoms with Crippen molar-refractivity contribution in [2.75, 3.05) is 6.54 Å². The molecule has 6 heteroatoms. The lowest BCUT2D eigenvalue weighted by Gasteiger charge is -2.25. The van der Waals surface area contributed by atoms with Crippen LogP contribution in [0.1, 0.15) is 46.3 Å². The standard InChI is InChI=1S/C25H25ClN2O3/c26-18-8-6-16(7-9-18)12-13-27-24(29)20-15-30-25(28-20)23-19(21-10-11-22(23)31-21)14-17-4-2-1-3-5-17/h1-9,15,19,21-23H,10-14H2,(H,27,29)/t19-,21-,22+,23-/m0/s1. The summed E-state index contributed by atoms with van der Waals surface area (Å²) >= 11 is 5.91. The van der Waals surface area contributed by atoms with E-state index in [0.717, 1.165) is 31.2 Å². The van der Waals surface area contributed by atoms with Gasteiger partial charge in [0, 0.05) is 17.5 Å². The van der Waals surface area contributed by atoms with Gasteiger partial charge in [-0.2, -0.15) is 0 Å². The third-order valence-electron chi connectivity index (χ3n) is 6.39. The van der Waals surface area contributed by atoms with Crippen molar-refractivity contribution in [2.24, 2.45) is 5.92 Å². The summed E-state index contributed by atoms with van der Waals surface area (Å²) in [6, 6.07) is 18.1. The Morgan fingerprint density at radius 1 is 1.03 bits per heavy atom. The average Bonchev–Trinajstić information content (AvgIpc) is 3.52. The van der Waals surface area contributed by atoms with E-state index < -0.39 is 0 Å². The number of halogens is 1. The van der Waals surface area contributed by atoms with Gasteiger partial charge in [0.15, 0.2) is 5.69 Å². The number of rotatable bonds is 7. The largest absolute Gasteiger partial charge is 0.448 e. The van der Waals surface area contributed by atoms with Gasteiger partial charge < -0.3 is 14.5 Å². The summed E-state index contributed by atoms with van der Waals surface area (Å²) in [5.41, 5.74) is 2.74. The first-order valence-corrected chi connectivity index (χ1v) is 11.2. The molecule has 5 nitrogen and oxygen atoms in total. The summed E-state index contributed by atoms with van der Waals surface area (Å²) < 4.78 is 12.0. The highest BCUT2D eigenvalue weighted by Gasteiger charge is 2.51. The molecule has 2 aliphatic rings. The van der Waals surface area contributed by atoms with Crippen molar-refractivity contribution in [3.05, 3.63) is 88.6 Å². The van der Waals surface area contributed by atoms with Crippen molar-refractivity contribution in [3.63, 3.8) is 0 Å². The van der Waals surface area contributed by atoms with Gasteiger partial charge in [-0.05, 0) is 48.9 Å². The number of ether oxygens (including phenoxy) is 1. The van der Waals surface area contributed by atoms with E-state index in [-0.39, 0.29) is 24.0 Å². The Balaban J connectivity index is 1.23. The van der Waals surface area contributed by atoms with Gasteiger partial charge in [-0.15, -0.1) is 0 Å². The number of hydrogen-bond donors (Lipinski definition) is 1. The fourth-order valence-electron chi connectivity index (χ4n) is 4.87. The minimum Gasteiger partial charge on any atom is -0.448 e. The Kier molecular flexibility index (Phi) is 5.79. The highest BCUT2D eigenvalue weighted by molar-refractivity contribution is 6.30. The molecule has 3 aromatic rings. The first-order valence-electron chi connectivity index (χ1n) is 10.8. The normalized spacial score (nSPS) is 24.4. The zero-order chi connectivity index (χ0) is 21.2. The number of oxazole rings is 1. The van der Waals surface area contributed by atoms with Crippen LogP contribution in [0.15, 0.2) is 65.3 Å². The number of amides is 1. The van der Waals surface area contributed by atoms with Crippen molar-refractivity contribution in [1.29, 1.82) is 0 Å². The van der Waals surface area contributed by atoms with Crippen molar-refractivity contribution in [1.82, 2.24) is 10.3 Å². The van der Waals surface area contributed by atoms with E-state index in [9.17, 15) is 4.79 Å². The molecule has 2 bridgehead atoms. The van der Waals surface area contributed by atoms with Crippen molar-refractivity contribution in [2.45, 2.75) is 43.8 Å². The molecule has 1 amide bonds. The number of fused-ring (bicyclic) bond motifs is 2. The number of nitrogens with zero attached hydrogens (tertiary/aromatic N) is 1. The summed E-state index contributed by atoms with van der Waals surface area (Å²) in [7, 11) is 0. The number of aromatic nitrogens is 1. The monoisotopic (exact) mass is 436 g/mol. The van der Waals surface area contributed by atoms with Crippen LogP contribution in [0.25, 0.3) is 0 Å². The molecule has 2 aliphatic heterocycles. The number of carbonyl (C=O) groups excluding carboxylic acids is 1. The molecular weight excluding hydrogens is 412 g/mol. The van der Waals surface area contributed by atoms with E-state index in [1.54, 1.807) is 0 Å². The zero-order valence-corrected chi connectivity index (χ0v) is 17.9. The Labute approximate surface area is 186 Å². The molecule has 2 saturated heterocycles. The summed E-state index contributed by atoms with van der Waals surface area (Å²) in [5.74, 6) is 0.818. The minimum absolute atomic E-state index is 0.0922. The van der Waals surface area contributed by atoms with Gasteiger partial charge in [0.05, 0.1) is 18.1 Å². The van der Waals surface area contributed by atoms with Crippen LogP contribution in [-0.2, 0) is 17.6 Å². The van der Waals surface area contributed by atoms with E-state index in [0.29, 0.717) is 29.1 Å². The van der Waals surface area contributed by atoms with Gasteiger partial charge in [0.25, 0.3) is 5.91 Å².